The van der Waals surface area contributed by atoms with E-state index in [1.54, 1.807) is 24.3 Å². The molecular weight excluding hydrogens is 242 g/mol. The lowest BCUT2D eigenvalue weighted by atomic mass is 10.1. The van der Waals surface area contributed by atoms with Crippen LogP contribution in [0.1, 0.15) is 10.4 Å². The Morgan fingerprint density at radius 3 is 2.21 bits per heavy atom. The molecule has 0 aliphatic heterocycles. The number of carbonyl (C=O) groups is 1. The number of ether oxygens (including phenoxy) is 1. The van der Waals surface area contributed by atoms with E-state index in [1.165, 1.54) is 0 Å². The van der Waals surface area contributed by atoms with Gasteiger partial charge in [-0.1, -0.05) is 18.2 Å². The molecule has 1 atom stereocenters. The predicted molar refractivity (Wildman–Crippen MR) is 72.3 cm³/mol. The molecule has 0 aliphatic carbocycles. The molecule has 2 rings (SSSR count). The summed E-state index contributed by atoms with van der Waals surface area (Å²) in [5, 5.41) is 9.38. The fourth-order valence-electron chi connectivity index (χ4n) is 1.61. The summed E-state index contributed by atoms with van der Waals surface area (Å²) in [5.74, 6) is 0.974. The monoisotopic (exact) mass is 257 g/mol. The minimum Gasteiger partial charge on any atom is -0.457 e. The fraction of sp³-hybridized carbons (Fsp3) is 0.133. The van der Waals surface area contributed by atoms with Gasteiger partial charge in [-0.25, -0.2) is 0 Å². The number of hydrogen-bond acceptors (Lipinski definition) is 4. The van der Waals surface area contributed by atoms with Gasteiger partial charge in [-0.05, 0) is 36.4 Å². The first kappa shape index (κ1) is 13.3. The van der Waals surface area contributed by atoms with Crippen molar-refractivity contribution in [2.75, 3.05) is 6.54 Å². The Labute approximate surface area is 111 Å². The van der Waals surface area contributed by atoms with Crippen LogP contribution in [0, 0.1) is 0 Å². The Morgan fingerprint density at radius 2 is 1.63 bits per heavy atom. The van der Waals surface area contributed by atoms with Crippen molar-refractivity contribution in [3.05, 3.63) is 60.2 Å². The van der Waals surface area contributed by atoms with Gasteiger partial charge in [-0.15, -0.1) is 0 Å². The van der Waals surface area contributed by atoms with Crippen LogP contribution in [0.5, 0.6) is 11.5 Å². The van der Waals surface area contributed by atoms with Crippen molar-refractivity contribution < 1.29 is 14.6 Å². The van der Waals surface area contributed by atoms with Crippen molar-refractivity contribution in [2.45, 2.75) is 6.10 Å². The Morgan fingerprint density at radius 1 is 1.05 bits per heavy atom. The molecule has 98 valence electrons. The molecule has 0 fully saturated rings. The molecule has 0 bridgehead atoms. The van der Waals surface area contributed by atoms with E-state index >= 15 is 0 Å². The molecule has 0 radical (unpaired) electrons. The quantitative estimate of drug-likeness (QED) is 0.803. The number of carbonyl (C=O) groups excluding carboxylic acids is 1. The summed E-state index contributed by atoms with van der Waals surface area (Å²) in [6.45, 7) is -0.0822. The van der Waals surface area contributed by atoms with Gasteiger partial charge in [0.25, 0.3) is 0 Å². The first-order chi connectivity index (χ1) is 9.20. The predicted octanol–water partition coefficient (Wildman–Crippen LogP) is 1.98. The highest BCUT2D eigenvalue weighted by atomic mass is 16.5. The molecule has 0 aliphatic rings. The number of para-hydroxylation sites is 1. The lowest BCUT2D eigenvalue weighted by Crippen LogP contribution is -2.29. The van der Waals surface area contributed by atoms with Gasteiger partial charge < -0.3 is 15.6 Å². The second-order valence-electron chi connectivity index (χ2n) is 4.06. The van der Waals surface area contributed by atoms with Gasteiger partial charge in [-0.3, -0.25) is 4.79 Å². The smallest absolute Gasteiger partial charge is 0.192 e. The average Bonchev–Trinajstić information content (AvgIpc) is 2.47. The van der Waals surface area contributed by atoms with Crippen LogP contribution in [0.25, 0.3) is 0 Å². The number of hydrogen-bond donors (Lipinski definition) is 2. The van der Waals surface area contributed by atoms with Gasteiger partial charge in [0, 0.05) is 12.1 Å². The Kier molecular flexibility index (Phi) is 4.28. The van der Waals surface area contributed by atoms with Crippen molar-refractivity contribution in [1.82, 2.24) is 0 Å². The zero-order chi connectivity index (χ0) is 13.7. The van der Waals surface area contributed by atoms with Crippen molar-refractivity contribution in [1.29, 1.82) is 0 Å². The van der Waals surface area contributed by atoms with Gasteiger partial charge in [0.2, 0.25) is 0 Å². The fourth-order valence-corrected chi connectivity index (χ4v) is 1.61. The summed E-state index contributed by atoms with van der Waals surface area (Å²) < 4.78 is 5.60. The second-order valence-corrected chi connectivity index (χ2v) is 4.06. The molecule has 3 N–H and O–H groups in total. The standard InChI is InChI=1S/C15H15NO3/c16-10-14(17)15(18)11-6-8-13(9-7-11)19-12-4-2-1-3-5-12/h1-9,14,17H,10,16H2. The van der Waals surface area contributed by atoms with Crippen LogP contribution in [0.2, 0.25) is 0 Å². The number of benzene rings is 2. The molecule has 4 heteroatoms. The molecule has 0 heterocycles. The van der Waals surface area contributed by atoms with E-state index in [0.29, 0.717) is 11.3 Å². The summed E-state index contributed by atoms with van der Waals surface area (Å²) in [6, 6.07) is 15.9. The zero-order valence-corrected chi connectivity index (χ0v) is 10.3. The number of aliphatic hydroxyl groups is 1. The minimum absolute atomic E-state index is 0.0822. The molecule has 0 aromatic heterocycles. The molecule has 0 saturated carbocycles. The summed E-state index contributed by atoms with van der Waals surface area (Å²) in [5.41, 5.74) is 5.66. The number of rotatable bonds is 5. The summed E-state index contributed by atoms with van der Waals surface area (Å²) in [4.78, 5) is 11.7. The van der Waals surface area contributed by atoms with E-state index in [2.05, 4.69) is 0 Å². The number of aliphatic hydroxyl groups excluding tert-OH is 1. The highest BCUT2D eigenvalue weighted by Crippen LogP contribution is 2.21. The van der Waals surface area contributed by atoms with Crippen LogP contribution in [0.4, 0.5) is 0 Å². The molecular formula is C15H15NO3. The minimum atomic E-state index is -1.15. The lowest BCUT2D eigenvalue weighted by Gasteiger charge is -2.08. The van der Waals surface area contributed by atoms with Crippen LogP contribution in [0.15, 0.2) is 54.6 Å². The molecule has 1 unspecified atom stereocenters. The maximum Gasteiger partial charge on any atom is 0.192 e. The molecule has 0 spiro atoms. The van der Waals surface area contributed by atoms with E-state index in [-0.39, 0.29) is 12.3 Å². The Balaban J connectivity index is 2.09. The number of Topliss-reactive ketones (excluding diaryl/α,β-unsaturated/α-hetero) is 1. The van der Waals surface area contributed by atoms with Gasteiger partial charge in [-0.2, -0.15) is 0 Å². The first-order valence-electron chi connectivity index (χ1n) is 5.96. The van der Waals surface area contributed by atoms with Crippen LogP contribution < -0.4 is 10.5 Å². The van der Waals surface area contributed by atoms with Crippen LogP contribution in [-0.4, -0.2) is 23.5 Å². The number of nitrogens with two attached hydrogens (primary N) is 1. The van der Waals surface area contributed by atoms with Gasteiger partial charge in [0.1, 0.15) is 17.6 Å². The first-order valence-corrected chi connectivity index (χ1v) is 5.96. The van der Waals surface area contributed by atoms with E-state index < -0.39 is 6.10 Å². The maximum atomic E-state index is 11.7. The molecule has 0 amide bonds. The van der Waals surface area contributed by atoms with Crippen LogP contribution in [0.3, 0.4) is 0 Å². The molecule has 2 aromatic rings. The third kappa shape index (κ3) is 3.40. The second kappa shape index (κ2) is 6.13. The lowest BCUT2D eigenvalue weighted by molar-refractivity contribution is 0.0763. The van der Waals surface area contributed by atoms with Crippen molar-refractivity contribution in [3.63, 3.8) is 0 Å². The Hall–Kier alpha value is -2.17. The highest BCUT2D eigenvalue weighted by molar-refractivity contribution is 5.99. The normalized spacial score (nSPS) is 11.9. The largest absolute Gasteiger partial charge is 0.457 e. The summed E-state index contributed by atoms with van der Waals surface area (Å²) >= 11 is 0. The van der Waals surface area contributed by atoms with Crippen molar-refractivity contribution in [3.8, 4) is 11.5 Å². The van der Waals surface area contributed by atoms with E-state index in [1.807, 2.05) is 30.3 Å². The molecule has 4 nitrogen and oxygen atoms in total. The third-order valence-corrected chi connectivity index (χ3v) is 2.64. The van der Waals surface area contributed by atoms with E-state index in [9.17, 15) is 9.90 Å². The van der Waals surface area contributed by atoms with Gasteiger partial charge in [0.15, 0.2) is 5.78 Å². The van der Waals surface area contributed by atoms with E-state index in [0.717, 1.165) is 5.75 Å². The Bertz CT molecular complexity index is 537. The highest BCUT2D eigenvalue weighted by Gasteiger charge is 2.15. The van der Waals surface area contributed by atoms with Crippen molar-refractivity contribution >= 4 is 5.78 Å². The van der Waals surface area contributed by atoms with Crippen LogP contribution in [-0.2, 0) is 0 Å². The van der Waals surface area contributed by atoms with E-state index in [4.69, 9.17) is 10.5 Å². The summed E-state index contributed by atoms with van der Waals surface area (Å²) in [7, 11) is 0. The topological polar surface area (TPSA) is 72.5 Å². The van der Waals surface area contributed by atoms with Crippen molar-refractivity contribution in [2.24, 2.45) is 5.73 Å². The maximum absolute atomic E-state index is 11.7. The number of ketones is 1. The molecule has 2 aromatic carbocycles. The average molecular weight is 257 g/mol. The molecule has 0 saturated heterocycles. The van der Waals surface area contributed by atoms with Crippen LogP contribution >= 0.6 is 0 Å². The third-order valence-electron chi connectivity index (χ3n) is 2.64. The van der Waals surface area contributed by atoms with Gasteiger partial charge >= 0.3 is 0 Å². The zero-order valence-electron chi connectivity index (χ0n) is 10.3. The SMILES string of the molecule is NCC(O)C(=O)c1ccc(Oc2ccccc2)cc1. The summed E-state index contributed by atoms with van der Waals surface area (Å²) in [6.07, 6.45) is -1.15. The van der Waals surface area contributed by atoms with Gasteiger partial charge in [0.05, 0.1) is 0 Å². The molecule has 19 heavy (non-hydrogen) atoms.